The van der Waals surface area contributed by atoms with Crippen molar-refractivity contribution < 1.29 is 4.79 Å². The van der Waals surface area contributed by atoms with E-state index in [0.717, 1.165) is 21.3 Å². The maximum Gasteiger partial charge on any atom is 0.236 e. The Balaban J connectivity index is 1.59. The lowest BCUT2D eigenvalue weighted by molar-refractivity contribution is -0.113. The van der Waals surface area contributed by atoms with Gasteiger partial charge in [0.1, 0.15) is 0 Å². The molecule has 0 aliphatic carbocycles. The zero-order valence-electron chi connectivity index (χ0n) is 13.5. The monoisotopic (exact) mass is 393 g/mol. The van der Waals surface area contributed by atoms with Gasteiger partial charge in [0.25, 0.3) is 0 Å². The molecular formula is C14H15N7OS3. The maximum atomic E-state index is 12.1. The Hall–Kier alpha value is -1.98. The third-order valence-electron chi connectivity index (χ3n) is 2.97. The molecule has 8 nitrogen and oxygen atoms in total. The van der Waals surface area contributed by atoms with Gasteiger partial charge >= 0.3 is 0 Å². The van der Waals surface area contributed by atoms with Crippen LogP contribution in [0, 0.1) is 6.92 Å². The molecule has 0 spiro atoms. The van der Waals surface area contributed by atoms with Crippen molar-refractivity contribution in [3.63, 3.8) is 0 Å². The quantitative estimate of drug-likeness (QED) is 0.483. The van der Waals surface area contributed by atoms with Crippen LogP contribution in [-0.2, 0) is 4.79 Å². The number of tetrazole rings is 1. The molecule has 2 aromatic heterocycles. The van der Waals surface area contributed by atoms with Crippen LogP contribution in [0.15, 0.2) is 33.8 Å². The average Bonchev–Trinajstić information content (AvgIpc) is 3.23. The molecule has 0 unspecified atom stereocenters. The number of anilines is 1. The van der Waals surface area contributed by atoms with Crippen molar-refractivity contribution in [2.75, 3.05) is 16.8 Å². The van der Waals surface area contributed by atoms with Crippen LogP contribution in [0.2, 0.25) is 0 Å². The molecule has 1 amide bonds. The Kier molecular flexibility index (Phi) is 6.00. The van der Waals surface area contributed by atoms with Crippen LogP contribution >= 0.6 is 34.9 Å². The van der Waals surface area contributed by atoms with E-state index in [2.05, 4.69) is 31.0 Å². The van der Waals surface area contributed by atoms with Crippen LogP contribution in [0.1, 0.15) is 12.5 Å². The molecule has 0 bridgehead atoms. The maximum absolute atomic E-state index is 12.1. The van der Waals surface area contributed by atoms with Crippen LogP contribution in [0.25, 0.3) is 5.69 Å². The van der Waals surface area contributed by atoms with Crippen LogP contribution < -0.4 is 5.32 Å². The van der Waals surface area contributed by atoms with Crippen molar-refractivity contribution in [1.82, 2.24) is 30.4 Å². The highest BCUT2D eigenvalue weighted by molar-refractivity contribution is 8.01. The number of nitrogens with zero attached hydrogens (tertiary/aromatic N) is 6. The predicted octanol–water partition coefficient (Wildman–Crippen LogP) is 2.67. The summed E-state index contributed by atoms with van der Waals surface area (Å²) in [6.45, 7) is 4.06. The number of rotatable bonds is 7. The first kappa shape index (κ1) is 17.8. The van der Waals surface area contributed by atoms with Crippen molar-refractivity contribution >= 4 is 45.9 Å². The van der Waals surface area contributed by atoms with Gasteiger partial charge in [0.05, 0.1) is 11.4 Å². The van der Waals surface area contributed by atoms with E-state index < -0.39 is 0 Å². The second kappa shape index (κ2) is 8.41. The Bertz CT molecular complexity index is 846. The molecule has 3 rings (SSSR count). The van der Waals surface area contributed by atoms with Crippen molar-refractivity contribution in [2.45, 2.75) is 23.3 Å². The predicted molar refractivity (Wildman–Crippen MR) is 99.6 cm³/mol. The largest absolute Gasteiger partial charge is 0.300 e. The molecule has 1 N–H and O–H groups in total. The first-order valence-electron chi connectivity index (χ1n) is 7.40. The number of aromatic nitrogens is 6. The van der Waals surface area contributed by atoms with E-state index in [-0.39, 0.29) is 11.7 Å². The fraction of sp³-hybridized carbons (Fsp3) is 0.286. The lowest BCUT2D eigenvalue weighted by Gasteiger charge is -2.04. The number of amides is 1. The van der Waals surface area contributed by atoms with Crippen molar-refractivity contribution in [2.24, 2.45) is 0 Å². The molecule has 0 saturated heterocycles. The molecule has 2 heterocycles. The number of nitrogens with one attached hydrogen (secondary N) is 1. The highest BCUT2D eigenvalue weighted by atomic mass is 32.2. The number of thioether (sulfide) groups is 2. The normalized spacial score (nSPS) is 10.8. The van der Waals surface area contributed by atoms with Gasteiger partial charge in [-0.15, -0.1) is 15.3 Å². The molecule has 25 heavy (non-hydrogen) atoms. The zero-order chi connectivity index (χ0) is 17.6. The van der Waals surface area contributed by atoms with Gasteiger partial charge in [-0.25, -0.2) is 0 Å². The Labute approximate surface area is 156 Å². The summed E-state index contributed by atoms with van der Waals surface area (Å²) in [6, 6.07) is 7.84. The molecule has 0 fully saturated rings. The van der Waals surface area contributed by atoms with E-state index in [9.17, 15) is 4.79 Å². The van der Waals surface area contributed by atoms with Gasteiger partial charge in [0, 0.05) is 0 Å². The number of carbonyl (C=O) groups excluding carboxylic acids is 1. The van der Waals surface area contributed by atoms with E-state index in [4.69, 9.17) is 0 Å². The zero-order valence-corrected chi connectivity index (χ0v) is 16.0. The fourth-order valence-corrected chi connectivity index (χ4v) is 4.20. The van der Waals surface area contributed by atoms with Crippen molar-refractivity contribution in [3.05, 3.63) is 29.8 Å². The minimum absolute atomic E-state index is 0.173. The van der Waals surface area contributed by atoms with Crippen LogP contribution in [0.3, 0.4) is 0 Å². The SMILES string of the molecule is CCSc1nnc(NC(=O)CSc2nnnn2-c2ccc(C)cc2)s1. The number of benzene rings is 1. The minimum Gasteiger partial charge on any atom is -0.300 e. The molecule has 130 valence electrons. The van der Waals surface area contributed by atoms with Crippen LogP contribution in [-0.4, -0.2) is 47.8 Å². The minimum atomic E-state index is -0.173. The fourth-order valence-electron chi connectivity index (χ4n) is 1.84. The standard InChI is InChI=1S/C14H15N7OS3/c1-3-23-14-18-16-12(25-14)15-11(22)8-24-13-17-19-20-21(13)10-6-4-9(2)5-7-10/h4-7H,3,8H2,1-2H3,(H,15,16,22). The summed E-state index contributed by atoms with van der Waals surface area (Å²) in [6.07, 6.45) is 0. The Morgan fingerprint density at radius 3 is 2.76 bits per heavy atom. The summed E-state index contributed by atoms with van der Waals surface area (Å²) >= 11 is 4.22. The molecule has 0 radical (unpaired) electrons. The van der Waals surface area contributed by atoms with Crippen LogP contribution in [0.5, 0.6) is 0 Å². The van der Waals surface area contributed by atoms with Crippen molar-refractivity contribution in [3.8, 4) is 5.69 Å². The number of carbonyl (C=O) groups is 1. The molecule has 0 saturated carbocycles. The van der Waals surface area contributed by atoms with Gasteiger partial charge < -0.3 is 0 Å². The molecular weight excluding hydrogens is 378 g/mol. The molecule has 0 aliphatic heterocycles. The lowest BCUT2D eigenvalue weighted by Crippen LogP contribution is -2.14. The third kappa shape index (κ3) is 4.77. The van der Waals surface area contributed by atoms with Gasteiger partial charge in [-0.3, -0.25) is 10.1 Å². The summed E-state index contributed by atoms with van der Waals surface area (Å²) in [7, 11) is 0. The van der Waals surface area contributed by atoms with E-state index in [1.54, 1.807) is 16.4 Å². The van der Waals surface area contributed by atoms with Gasteiger partial charge in [-0.05, 0) is 35.2 Å². The Morgan fingerprint density at radius 2 is 2.00 bits per heavy atom. The van der Waals surface area contributed by atoms with E-state index in [0.29, 0.717) is 10.3 Å². The molecule has 0 aliphatic rings. The second-order valence-electron chi connectivity index (χ2n) is 4.85. The Morgan fingerprint density at radius 1 is 1.20 bits per heavy atom. The van der Waals surface area contributed by atoms with E-state index >= 15 is 0 Å². The summed E-state index contributed by atoms with van der Waals surface area (Å²) in [4.78, 5) is 12.1. The first-order chi connectivity index (χ1) is 12.2. The molecule has 11 heteroatoms. The summed E-state index contributed by atoms with van der Waals surface area (Å²) < 4.78 is 2.45. The van der Waals surface area contributed by atoms with Gasteiger partial charge in [-0.1, -0.05) is 59.5 Å². The van der Waals surface area contributed by atoms with Gasteiger partial charge in [0.2, 0.25) is 16.2 Å². The highest BCUT2D eigenvalue weighted by Crippen LogP contribution is 2.25. The smallest absolute Gasteiger partial charge is 0.236 e. The van der Waals surface area contributed by atoms with E-state index in [1.165, 1.54) is 23.1 Å². The van der Waals surface area contributed by atoms with Gasteiger partial charge in [-0.2, -0.15) is 4.68 Å². The molecule has 1 aromatic carbocycles. The number of hydrogen-bond acceptors (Lipinski definition) is 9. The average molecular weight is 394 g/mol. The summed E-state index contributed by atoms with van der Waals surface area (Å²) in [5, 5.41) is 23.4. The number of aryl methyl sites for hydroxylation is 1. The third-order valence-corrected chi connectivity index (χ3v) is 5.75. The van der Waals surface area contributed by atoms with Crippen molar-refractivity contribution in [1.29, 1.82) is 0 Å². The molecule has 3 aromatic rings. The highest BCUT2D eigenvalue weighted by Gasteiger charge is 2.13. The lowest BCUT2D eigenvalue weighted by atomic mass is 10.2. The second-order valence-corrected chi connectivity index (χ2v) is 8.28. The first-order valence-corrected chi connectivity index (χ1v) is 10.2. The summed E-state index contributed by atoms with van der Waals surface area (Å²) in [5.74, 6) is 0.926. The topological polar surface area (TPSA) is 98.5 Å². The number of hydrogen-bond donors (Lipinski definition) is 1. The molecule has 0 atom stereocenters. The van der Waals surface area contributed by atoms with Gasteiger partial charge in [0.15, 0.2) is 4.34 Å². The van der Waals surface area contributed by atoms with E-state index in [1.807, 2.05) is 38.1 Å². The van der Waals surface area contributed by atoms with Crippen LogP contribution in [0.4, 0.5) is 5.13 Å². The summed E-state index contributed by atoms with van der Waals surface area (Å²) in [5.41, 5.74) is 2.01.